The molecule has 1 atom stereocenters. The second kappa shape index (κ2) is 5.61. The van der Waals surface area contributed by atoms with Crippen LogP contribution >= 0.6 is 0 Å². The summed E-state index contributed by atoms with van der Waals surface area (Å²) in [7, 11) is 0. The third-order valence-electron chi connectivity index (χ3n) is 2.19. The Morgan fingerprint density at radius 3 is 2.93 bits per heavy atom. The fourth-order valence-electron chi connectivity index (χ4n) is 1.08. The number of hydrogen-bond donors (Lipinski definition) is 2. The molecule has 0 bridgehead atoms. The van der Waals surface area contributed by atoms with Gasteiger partial charge < -0.3 is 10.6 Å². The highest BCUT2D eigenvalue weighted by atomic mass is 16.1. The third-order valence-corrected chi connectivity index (χ3v) is 2.19. The summed E-state index contributed by atoms with van der Waals surface area (Å²) in [5, 5.41) is 14.5. The Labute approximate surface area is 84.7 Å². The van der Waals surface area contributed by atoms with Gasteiger partial charge in [0.1, 0.15) is 0 Å². The molecule has 0 spiro atoms. The van der Waals surface area contributed by atoms with Crippen LogP contribution in [0.3, 0.4) is 0 Å². The van der Waals surface area contributed by atoms with Crippen LogP contribution in [0.5, 0.6) is 0 Å². The van der Waals surface area contributed by atoms with Crippen LogP contribution in [0.1, 0.15) is 26.2 Å². The Morgan fingerprint density at radius 1 is 1.64 bits per heavy atom. The number of nitrogens with zero attached hydrogens (tertiary/aromatic N) is 1. The first-order valence-electron chi connectivity index (χ1n) is 5.12. The van der Waals surface area contributed by atoms with Crippen LogP contribution < -0.4 is 10.6 Å². The zero-order valence-electron chi connectivity index (χ0n) is 8.55. The number of hydrogen-bond acceptors (Lipinski definition) is 3. The van der Waals surface area contributed by atoms with E-state index in [2.05, 4.69) is 16.7 Å². The first-order chi connectivity index (χ1) is 6.72. The Hall–Kier alpha value is -1.08. The molecule has 78 valence electrons. The minimum atomic E-state index is -0.102. The maximum Gasteiger partial charge on any atom is 0.221 e. The van der Waals surface area contributed by atoms with Crippen LogP contribution in [-0.2, 0) is 4.79 Å². The molecule has 0 heterocycles. The predicted molar refractivity (Wildman–Crippen MR) is 53.4 cm³/mol. The van der Waals surface area contributed by atoms with E-state index in [1.165, 1.54) is 12.8 Å². The van der Waals surface area contributed by atoms with E-state index >= 15 is 0 Å². The van der Waals surface area contributed by atoms with Crippen LogP contribution in [0.15, 0.2) is 0 Å². The Morgan fingerprint density at radius 2 is 2.36 bits per heavy atom. The number of carbonyl (C=O) groups is 1. The summed E-state index contributed by atoms with van der Waals surface area (Å²) in [5.41, 5.74) is 0. The van der Waals surface area contributed by atoms with E-state index in [1.54, 1.807) is 6.92 Å². The Kier molecular flexibility index (Phi) is 4.41. The first-order valence-corrected chi connectivity index (χ1v) is 5.12. The summed E-state index contributed by atoms with van der Waals surface area (Å²) in [6.45, 7) is 3.00. The van der Waals surface area contributed by atoms with Gasteiger partial charge >= 0.3 is 0 Å². The van der Waals surface area contributed by atoms with Gasteiger partial charge in [0, 0.05) is 25.6 Å². The molecule has 0 saturated heterocycles. The molecule has 1 amide bonds. The highest BCUT2D eigenvalue weighted by Crippen LogP contribution is 2.18. The van der Waals surface area contributed by atoms with Gasteiger partial charge in [-0.05, 0) is 19.8 Å². The molecule has 0 radical (unpaired) electrons. The molecule has 0 aromatic carbocycles. The van der Waals surface area contributed by atoms with Crippen molar-refractivity contribution in [1.82, 2.24) is 10.6 Å². The van der Waals surface area contributed by atoms with Gasteiger partial charge in [-0.15, -0.1) is 0 Å². The molecule has 0 aromatic rings. The fourth-order valence-corrected chi connectivity index (χ4v) is 1.08. The lowest BCUT2D eigenvalue weighted by Crippen LogP contribution is -2.31. The summed E-state index contributed by atoms with van der Waals surface area (Å²) < 4.78 is 0. The lowest BCUT2D eigenvalue weighted by Gasteiger charge is -2.06. The van der Waals surface area contributed by atoms with E-state index in [1.807, 2.05) is 0 Å². The largest absolute Gasteiger partial charge is 0.355 e. The van der Waals surface area contributed by atoms with Crippen LogP contribution in [0.2, 0.25) is 0 Å². The zero-order valence-corrected chi connectivity index (χ0v) is 8.55. The topological polar surface area (TPSA) is 64.9 Å². The number of amides is 1. The Balaban J connectivity index is 1.95. The van der Waals surface area contributed by atoms with Gasteiger partial charge in [-0.25, -0.2) is 0 Å². The molecule has 0 aromatic heterocycles. The fraction of sp³-hybridized carbons (Fsp3) is 0.800. The number of rotatable bonds is 6. The van der Waals surface area contributed by atoms with Gasteiger partial charge in [-0.1, -0.05) is 0 Å². The van der Waals surface area contributed by atoms with E-state index in [4.69, 9.17) is 5.26 Å². The summed E-state index contributed by atoms with van der Waals surface area (Å²) in [6, 6.07) is 2.73. The molecule has 4 heteroatoms. The standard InChI is InChI=1S/C10H17N3O/c1-8(6-11)7-13-10(14)4-5-12-9-2-3-9/h8-9,12H,2-5,7H2,1H3,(H,13,14). The molecule has 1 aliphatic rings. The molecule has 1 aliphatic carbocycles. The summed E-state index contributed by atoms with van der Waals surface area (Å²) >= 11 is 0. The van der Waals surface area contributed by atoms with E-state index < -0.39 is 0 Å². The first kappa shape index (κ1) is 11.0. The van der Waals surface area contributed by atoms with Crippen LogP contribution in [0.4, 0.5) is 0 Å². The zero-order chi connectivity index (χ0) is 10.4. The second-order valence-corrected chi connectivity index (χ2v) is 3.81. The Bertz CT molecular complexity index is 230. The molecular formula is C10H17N3O. The van der Waals surface area contributed by atoms with Crippen molar-refractivity contribution < 1.29 is 4.79 Å². The second-order valence-electron chi connectivity index (χ2n) is 3.81. The van der Waals surface area contributed by atoms with Gasteiger partial charge in [0.2, 0.25) is 5.91 Å². The van der Waals surface area contributed by atoms with Gasteiger partial charge in [-0.2, -0.15) is 5.26 Å². The SMILES string of the molecule is CC(C#N)CNC(=O)CCNC1CC1. The molecule has 1 rings (SSSR count). The number of nitriles is 1. The van der Waals surface area contributed by atoms with E-state index in [0.717, 1.165) is 6.54 Å². The summed E-state index contributed by atoms with van der Waals surface area (Å²) in [4.78, 5) is 11.2. The van der Waals surface area contributed by atoms with Crippen molar-refractivity contribution in [2.24, 2.45) is 5.92 Å². The third kappa shape index (κ3) is 4.83. The van der Waals surface area contributed by atoms with Crippen molar-refractivity contribution in [2.45, 2.75) is 32.2 Å². The lowest BCUT2D eigenvalue weighted by molar-refractivity contribution is -0.121. The van der Waals surface area contributed by atoms with E-state index in [9.17, 15) is 4.79 Å². The summed E-state index contributed by atoms with van der Waals surface area (Å²) in [5.74, 6) is -0.0735. The molecule has 1 saturated carbocycles. The molecule has 14 heavy (non-hydrogen) atoms. The van der Waals surface area contributed by atoms with Crippen LogP contribution in [0.25, 0.3) is 0 Å². The average molecular weight is 195 g/mol. The minimum Gasteiger partial charge on any atom is -0.355 e. The van der Waals surface area contributed by atoms with Crippen molar-refractivity contribution in [1.29, 1.82) is 5.26 Å². The van der Waals surface area contributed by atoms with Gasteiger partial charge in [0.05, 0.1) is 12.0 Å². The quantitative estimate of drug-likeness (QED) is 0.645. The number of nitrogens with one attached hydrogen (secondary N) is 2. The van der Waals surface area contributed by atoms with Crippen molar-refractivity contribution in [2.75, 3.05) is 13.1 Å². The van der Waals surface area contributed by atoms with Crippen molar-refractivity contribution in [3.05, 3.63) is 0 Å². The molecular weight excluding hydrogens is 178 g/mol. The van der Waals surface area contributed by atoms with Gasteiger partial charge in [0.15, 0.2) is 0 Å². The molecule has 1 unspecified atom stereocenters. The van der Waals surface area contributed by atoms with Crippen molar-refractivity contribution >= 4 is 5.91 Å². The van der Waals surface area contributed by atoms with Crippen molar-refractivity contribution in [3.63, 3.8) is 0 Å². The maximum atomic E-state index is 11.2. The smallest absolute Gasteiger partial charge is 0.221 e. The van der Waals surface area contributed by atoms with E-state index in [-0.39, 0.29) is 11.8 Å². The molecule has 4 nitrogen and oxygen atoms in total. The monoisotopic (exact) mass is 195 g/mol. The average Bonchev–Trinajstić information content (AvgIpc) is 2.98. The van der Waals surface area contributed by atoms with Gasteiger partial charge in [-0.3, -0.25) is 4.79 Å². The number of carbonyl (C=O) groups excluding carboxylic acids is 1. The van der Waals surface area contributed by atoms with E-state index in [0.29, 0.717) is 19.0 Å². The highest BCUT2D eigenvalue weighted by molar-refractivity contribution is 5.76. The molecule has 2 N–H and O–H groups in total. The van der Waals surface area contributed by atoms with Gasteiger partial charge in [0.25, 0.3) is 0 Å². The minimum absolute atomic E-state index is 0.0280. The highest BCUT2D eigenvalue weighted by Gasteiger charge is 2.19. The van der Waals surface area contributed by atoms with Crippen molar-refractivity contribution in [3.8, 4) is 6.07 Å². The predicted octanol–water partition coefficient (Wildman–Crippen LogP) is 0.404. The molecule has 0 aliphatic heterocycles. The lowest BCUT2D eigenvalue weighted by atomic mass is 10.2. The summed E-state index contributed by atoms with van der Waals surface area (Å²) in [6.07, 6.45) is 2.99. The maximum absolute atomic E-state index is 11.2. The van der Waals surface area contributed by atoms with Crippen LogP contribution in [-0.4, -0.2) is 25.0 Å². The normalized spacial score (nSPS) is 17.1. The van der Waals surface area contributed by atoms with Crippen LogP contribution in [0, 0.1) is 17.2 Å². The molecule has 1 fully saturated rings.